The number of amides is 2. The van der Waals surface area contributed by atoms with Crippen molar-refractivity contribution in [2.24, 2.45) is 0 Å². The van der Waals surface area contributed by atoms with E-state index in [9.17, 15) is 22.8 Å². The summed E-state index contributed by atoms with van der Waals surface area (Å²) in [6.07, 6.45) is -4.00. The van der Waals surface area contributed by atoms with Crippen molar-refractivity contribution in [1.82, 2.24) is 15.1 Å². The molecule has 3 N–H and O–H groups in total. The highest BCUT2D eigenvalue weighted by Crippen LogP contribution is 2.27. The van der Waals surface area contributed by atoms with Crippen LogP contribution in [-0.4, -0.2) is 58.4 Å². The lowest BCUT2D eigenvalue weighted by Gasteiger charge is -2.16. The number of carboxylic acids is 1. The first kappa shape index (κ1) is 26.9. The maximum Gasteiger partial charge on any atom is 0.490 e. The van der Waals surface area contributed by atoms with Crippen molar-refractivity contribution in [3.63, 3.8) is 0 Å². The minimum Gasteiger partial charge on any atom is -0.475 e. The standard InChI is InChI=1S/C21H22N4O3.C2HF3O2/c1-14-18(12-22-24-14)16-9-10-19(17(11-16)20(26)25(2)3)23-21(27)28-13-15-7-5-4-6-8-15;3-2(4,5)1(6)7/h4-12H,13H2,1-3H3,(H,22,24)(H,23,27);(H,6,7). The fraction of sp³-hybridized carbons (Fsp3) is 0.217. The van der Waals surface area contributed by atoms with E-state index in [1.54, 1.807) is 32.4 Å². The highest BCUT2D eigenvalue weighted by molar-refractivity contribution is 6.03. The number of carbonyl (C=O) groups is 3. The minimum absolute atomic E-state index is 0.149. The van der Waals surface area contributed by atoms with E-state index in [1.165, 1.54) is 4.90 Å². The summed E-state index contributed by atoms with van der Waals surface area (Å²) in [5, 5.41) is 16.7. The van der Waals surface area contributed by atoms with E-state index in [2.05, 4.69) is 15.5 Å². The third-order valence-corrected chi connectivity index (χ3v) is 4.49. The summed E-state index contributed by atoms with van der Waals surface area (Å²) in [4.78, 5) is 35.2. The van der Waals surface area contributed by atoms with E-state index in [0.29, 0.717) is 11.3 Å². The number of anilines is 1. The number of hydrogen-bond donors (Lipinski definition) is 3. The molecule has 0 spiro atoms. The number of hydrogen-bond acceptors (Lipinski definition) is 5. The van der Waals surface area contributed by atoms with Gasteiger partial charge in [-0.25, -0.2) is 9.59 Å². The Morgan fingerprint density at radius 2 is 1.74 bits per heavy atom. The first-order valence-electron chi connectivity index (χ1n) is 10.0. The second-order valence-corrected chi connectivity index (χ2v) is 7.36. The molecule has 0 bridgehead atoms. The summed E-state index contributed by atoms with van der Waals surface area (Å²) in [5.74, 6) is -2.98. The number of carbonyl (C=O) groups excluding carboxylic acids is 2. The monoisotopic (exact) mass is 492 g/mol. The summed E-state index contributed by atoms with van der Waals surface area (Å²) in [7, 11) is 3.32. The molecule has 0 aliphatic heterocycles. The molecule has 3 aromatic rings. The lowest BCUT2D eigenvalue weighted by molar-refractivity contribution is -0.192. The number of nitrogens with one attached hydrogen (secondary N) is 2. The molecule has 9 nitrogen and oxygen atoms in total. The molecule has 0 saturated carbocycles. The van der Waals surface area contributed by atoms with Gasteiger partial charge in [-0.05, 0) is 30.2 Å². The van der Waals surface area contributed by atoms with Crippen LogP contribution >= 0.6 is 0 Å². The van der Waals surface area contributed by atoms with Crippen LogP contribution in [0.1, 0.15) is 21.6 Å². The lowest BCUT2D eigenvalue weighted by Crippen LogP contribution is -2.24. The molecule has 0 aliphatic rings. The Kier molecular flexibility index (Phi) is 8.98. The topological polar surface area (TPSA) is 125 Å². The Bertz CT molecular complexity index is 1180. The molecule has 35 heavy (non-hydrogen) atoms. The molecule has 0 radical (unpaired) electrons. The summed E-state index contributed by atoms with van der Waals surface area (Å²) < 4.78 is 37.0. The van der Waals surface area contributed by atoms with Gasteiger partial charge in [0.1, 0.15) is 6.61 Å². The van der Waals surface area contributed by atoms with Crippen molar-refractivity contribution >= 4 is 23.7 Å². The van der Waals surface area contributed by atoms with Crippen LogP contribution in [0, 0.1) is 6.92 Å². The number of halogens is 3. The number of aromatic amines is 1. The van der Waals surface area contributed by atoms with Gasteiger partial charge in [0.2, 0.25) is 0 Å². The zero-order valence-corrected chi connectivity index (χ0v) is 19.0. The number of benzene rings is 2. The molecule has 0 unspecified atom stereocenters. The summed E-state index contributed by atoms with van der Waals surface area (Å²) in [6, 6.07) is 14.7. The maximum atomic E-state index is 12.6. The molecule has 0 fully saturated rings. The van der Waals surface area contributed by atoms with E-state index in [-0.39, 0.29) is 12.5 Å². The SMILES string of the molecule is Cc1[nH]ncc1-c1ccc(NC(=O)OCc2ccccc2)c(C(=O)N(C)C)c1.O=C(O)C(F)(F)F. The van der Waals surface area contributed by atoms with Gasteiger partial charge in [-0.2, -0.15) is 18.3 Å². The first-order chi connectivity index (χ1) is 16.4. The van der Waals surface area contributed by atoms with E-state index in [4.69, 9.17) is 14.6 Å². The number of carboxylic acid groups (broad SMARTS) is 1. The van der Waals surface area contributed by atoms with Crippen LogP contribution in [0.25, 0.3) is 11.1 Å². The molecule has 2 aromatic carbocycles. The van der Waals surface area contributed by atoms with E-state index in [1.807, 2.05) is 43.3 Å². The smallest absolute Gasteiger partial charge is 0.475 e. The minimum atomic E-state index is -5.08. The third kappa shape index (κ3) is 7.88. The molecular formula is C23H23F3N4O5. The second kappa shape index (κ2) is 11.7. The van der Waals surface area contributed by atoms with Gasteiger partial charge in [-0.15, -0.1) is 0 Å². The molecule has 1 heterocycles. The highest BCUT2D eigenvalue weighted by Gasteiger charge is 2.38. The Morgan fingerprint density at radius 1 is 1.11 bits per heavy atom. The molecule has 3 rings (SSSR count). The van der Waals surface area contributed by atoms with Crippen molar-refractivity contribution in [3.05, 3.63) is 71.5 Å². The van der Waals surface area contributed by atoms with Crippen LogP contribution < -0.4 is 5.32 Å². The van der Waals surface area contributed by atoms with E-state index >= 15 is 0 Å². The molecule has 1 aromatic heterocycles. The lowest BCUT2D eigenvalue weighted by atomic mass is 10.0. The predicted octanol–water partition coefficient (Wildman–Crippen LogP) is 4.47. The third-order valence-electron chi connectivity index (χ3n) is 4.49. The quantitative estimate of drug-likeness (QED) is 0.483. The summed E-state index contributed by atoms with van der Waals surface area (Å²) >= 11 is 0. The number of aromatic nitrogens is 2. The fourth-order valence-corrected chi connectivity index (χ4v) is 2.75. The Labute approximate surface area is 198 Å². The first-order valence-corrected chi connectivity index (χ1v) is 10.0. The number of ether oxygens (including phenoxy) is 1. The molecule has 0 atom stereocenters. The molecule has 2 amide bonds. The maximum absolute atomic E-state index is 12.6. The average molecular weight is 492 g/mol. The fourth-order valence-electron chi connectivity index (χ4n) is 2.75. The molecule has 0 saturated heterocycles. The van der Waals surface area contributed by atoms with Gasteiger partial charge < -0.3 is 14.7 Å². The number of alkyl halides is 3. The van der Waals surface area contributed by atoms with Crippen LogP contribution in [0.4, 0.5) is 23.7 Å². The highest BCUT2D eigenvalue weighted by atomic mass is 19.4. The van der Waals surface area contributed by atoms with Gasteiger partial charge in [-0.3, -0.25) is 15.2 Å². The van der Waals surface area contributed by atoms with Gasteiger partial charge >= 0.3 is 18.2 Å². The van der Waals surface area contributed by atoms with Crippen molar-refractivity contribution in [2.45, 2.75) is 19.7 Å². The number of H-pyrrole nitrogens is 1. The van der Waals surface area contributed by atoms with Gasteiger partial charge in [0.25, 0.3) is 5.91 Å². The van der Waals surface area contributed by atoms with Gasteiger partial charge in [0.05, 0.1) is 17.4 Å². The van der Waals surface area contributed by atoms with Crippen molar-refractivity contribution in [2.75, 3.05) is 19.4 Å². The van der Waals surface area contributed by atoms with E-state index < -0.39 is 18.2 Å². The van der Waals surface area contributed by atoms with Crippen molar-refractivity contribution in [1.29, 1.82) is 0 Å². The zero-order valence-electron chi connectivity index (χ0n) is 19.0. The van der Waals surface area contributed by atoms with Crippen molar-refractivity contribution < 1.29 is 37.4 Å². The van der Waals surface area contributed by atoms with Crippen LogP contribution in [0.2, 0.25) is 0 Å². The largest absolute Gasteiger partial charge is 0.490 e. The van der Waals surface area contributed by atoms with Crippen LogP contribution in [0.3, 0.4) is 0 Å². The summed E-state index contributed by atoms with van der Waals surface area (Å²) in [5.41, 5.74) is 4.27. The van der Waals surface area contributed by atoms with Gasteiger partial charge in [-0.1, -0.05) is 36.4 Å². The number of nitrogens with zero attached hydrogens (tertiary/aromatic N) is 2. The molecule has 186 valence electrons. The van der Waals surface area contributed by atoms with Crippen LogP contribution in [-0.2, 0) is 16.1 Å². The molecule has 0 aliphatic carbocycles. The predicted molar refractivity (Wildman–Crippen MR) is 121 cm³/mol. The van der Waals surface area contributed by atoms with Crippen molar-refractivity contribution in [3.8, 4) is 11.1 Å². The van der Waals surface area contributed by atoms with Gasteiger partial charge in [0.15, 0.2) is 0 Å². The molecule has 12 heteroatoms. The molecular weight excluding hydrogens is 469 g/mol. The number of aliphatic carboxylic acids is 1. The Balaban J connectivity index is 0.000000540. The normalized spacial score (nSPS) is 10.6. The van der Waals surface area contributed by atoms with Crippen LogP contribution in [0.5, 0.6) is 0 Å². The number of rotatable bonds is 5. The van der Waals surface area contributed by atoms with Gasteiger partial charge in [0, 0.05) is 25.4 Å². The Morgan fingerprint density at radius 3 is 2.26 bits per heavy atom. The number of aryl methyl sites for hydroxylation is 1. The van der Waals surface area contributed by atoms with Crippen LogP contribution in [0.15, 0.2) is 54.7 Å². The summed E-state index contributed by atoms with van der Waals surface area (Å²) in [6.45, 7) is 2.05. The second-order valence-electron chi connectivity index (χ2n) is 7.36. The van der Waals surface area contributed by atoms with E-state index in [0.717, 1.165) is 22.4 Å². The Hall–Kier alpha value is -4.35. The zero-order chi connectivity index (χ0) is 26.2. The average Bonchev–Trinajstić information content (AvgIpc) is 3.23.